The Hall–Kier alpha value is -0.240. The van der Waals surface area contributed by atoms with Gasteiger partial charge in [-0.15, -0.1) is 0 Å². The summed E-state index contributed by atoms with van der Waals surface area (Å²) in [5.41, 5.74) is 0. The summed E-state index contributed by atoms with van der Waals surface area (Å²) >= 11 is 0. The number of aliphatic hydroxyl groups is 4. The summed E-state index contributed by atoms with van der Waals surface area (Å²) in [5, 5.41) is 39.9. The second kappa shape index (κ2) is 10.5. The van der Waals surface area contributed by atoms with E-state index in [-0.39, 0.29) is 0 Å². The van der Waals surface area contributed by atoms with E-state index in [1.165, 1.54) is 0 Å². The minimum absolute atomic E-state index is 0.430. The highest BCUT2D eigenvalue weighted by atomic mass is 16.6. The third-order valence-corrected chi connectivity index (χ3v) is 4.16. The zero-order valence-electron chi connectivity index (χ0n) is 13.7. The molecule has 4 N–H and O–H groups in total. The third kappa shape index (κ3) is 5.44. The van der Waals surface area contributed by atoms with E-state index < -0.39 is 36.6 Å². The number of ether oxygens (including phenoxy) is 2. The third-order valence-electron chi connectivity index (χ3n) is 4.16. The Morgan fingerprint density at radius 3 is 1.27 bits per heavy atom. The van der Waals surface area contributed by atoms with Crippen molar-refractivity contribution in [2.24, 2.45) is 0 Å². The van der Waals surface area contributed by atoms with Gasteiger partial charge in [0.05, 0.1) is 0 Å². The molecule has 1 aliphatic rings. The number of rotatable bonds is 10. The number of unbranched alkanes of at least 4 members (excludes halogenated alkanes) is 4. The van der Waals surface area contributed by atoms with Gasteiger partial charge in [0.25, 0.3) is 0 Å². The molecule has 6 atom stereocenters. The van der Waals surface area contributed by atoms with Gasteiger partial charge < -0.3 is 29.9 Å². The first-order valence-corrected chi connectivity index (χ1v) is 8.50. The van der Waals surface area contributed by atoms with Crippen molar-refractivity contribution < 1.29 is 29.9 Å². The van der Waals surface area contributed by atoms with Crippen LogP contribution in [0.4, 0.5) is 0 Å². The Bertz CT molecular complexity index is 260. The van der Waals surface area contributed by atoms with Crippen molar-refractivity contribution in [3.63, 3.8) is 0 Å². The molecule has 132 valence electrons. The van der Waals surface area contributed by atoms with Gasteiger partial charge in [0.1, 0.15) is 36.6 Å². The maximum absolute atomic E-state index is 10.1. The topological polar surface area (TPSA) is 99.4 Å². The highest BCUT2D eigenvalue weighted by Crippen LogP contribution is 2.26. The van der Waals surface area contributed by atoms with Gasteiger partial charge in [0.15, 0.2) is 0 Å². The lowest BCUT2D eigenvalue weighted by molar-refractivity contribution is -0.246. The van der Waals surface area contributed by atoms with Crippen LogP contribution in [0.25, 0.3) is 0 Å². The molecule has 0 heterocycles. The largest absolute Gasteiger partial charge is 0.387 e. The Morgan fingerprint density at radius 2 is 0.955 bits per heavy atom. The lowest BCUT2D eigenvalue weighted by Crippen LogP contribution is -2.65. The van der Waals surface area contributed by atoms with Crippen LogP contribution in [0.2, 0.25) is 0 Å². The van der Waals surface area contributed by atoms with Gasteiger partial charge in [-0.2, -0.15) is 0 Å². The average molecular weight is 320 g/mol. The molecule has 0 aliphatic heterocycles. The van der Waals surface area contributed by atoms with Crippen molar-refractivity contribution in [2.75, 3.05) is 13.2 Å². The molecule has 1 saturated carbocycles. The molecule has 1 fully saturated rings. The summed E-state index contributed by atoms with van der Waals surface area (Å²) in [5.74, 6) is 0. The summed E-state index contributed by atoms with van der Waals surface area (Å²) in [4.78, 5) is 0. The molecule has 0 aromatic rings. The maximum atomic E-state index is 10.1. The lowest BCUT2D eigenvalue weighted by Gasteiger charge is -2.43. The fraction of sp³-hybridized carbons (Fsp3) is 1.00. The fourth-order valence-corrected chi connectivity index (χ4v) is 2.71. The Morgan fingerprint density at radius 1 is 0.591 bits per heavy atom. The van der Waals surface area contributed by atoms with Gasteiger partial charge in [-0.1, -0.05) is 39.5 Å². The van der Waals surface area contributed by atoms with Crippen molar-refractivity contribution in [1.82, 2.24) is 0 Å². The van der Waals surface area contributed by atoms with Crippen LogP contribution in [0.5, 0.6) is 0 Å². The van der Waals surface area contributed by atoms with Crippen LogP contribution in [-0.2, 0) is 9.47 Å². The van der Waals surface area contributed by atoms with Crippen LogP contribution in [0.1, 0.15) is 52.4 Å². The molecule has 6 nitrogen and oxygen atoms in total. The molecule has 0 aromatic carbocycles. The Labute approximate surface area is 133 Å². The van der Waals surface area contributed by atoms with E-state index in [0.29, 0.717) is 13.2 Å². The number of aliphatic hydroxyl groups excluding tert-OH is 4. The summed E-state index contributed by atoms with van der Waals surface area (Å²) in [7, 11) is 0. The minimum atomic E-state index is -1.43. The predicted octanol–water partition coefficient (Wildman–Crippen LogP) is 0.594. The van der Waals surface area contributed by atoms with Crippen molar-refractivity contribution in [1.29, 1.82) is 0 Å². The molecule has 0 amide bonds. The van der Waals surface area contributed by atoms with Gasteiger partial charge >= 0.3 is 0 Å². The highest BCUT2D eigenvalue weighted by molar-refractivity contribution is 5.00. The molecule has 0 unspecified atom stereocenters. The summed E-state index contributed by atoms with van der Waals surface area (Å²) < 4.78 is 11.3. The van der Waals surface area contributed by atoms with Crippen LogP contribution >= 0.6 is 0 Å². The molecule has 1 rings (SSSR count). The molecule has 0 bridgehead atoms. The monoisotopic (exact) mass is 320 g/mol. The molecule has 22 heavy (non-hydrogen) atoms. The molecule has 0 saturated heterocycles. The van der Waals surface area contributed by atoms with Gasteiger partial charge in [0, 0.05) is 13.2 Å². The second-order valence-electron chi connectivity index (χ2n) is 6.05. The summed E-state index contributed by atoms with van der Waals surface area (Å²) in [6.45, 7) is 5.03. The van der Waals surface area contributed by atoms with E-state index in [1.54, 1.807) is 0 Å². The van der Waals surface area contributed by atoms with Crippen molar-refractivity contribution in [2.45, 2.75) is 89.0 Å². The van der Waals surface area contributed by atoms with Gasteiger partial charge in [-0.05, 0) is 12.8 Å². The molecule has 0 spiro atoms. The van der Waals surface area contributed by atoms with E-state index >= 15 is 0 Å². The van der Waals surface area contributed by atoms with Gasteiger partial charge in [-0.25, -0.2) is 0 Å². The minimum Gasteiger partial charge on any atom is -0.387 e. The average Bonchev–Trinajstić information content (AvgIpc) is 2.52. The fourth-order valence-electron chi connectivity index (χ4n) is 2.71. The molecule has 6 heteroatoms. The van der Waals surface area contributed by atoms with Crippen LogP contribution < -0.4 is 0 Å². The molecular formula is C16H32O6. The standard InChI is InChI=1S/C16H32O6/c1-3-5-7-9-21-15-13(19)11(17)12(18)14(20)16(15)22-10-8-6-4-2/h11-20H,3-10H2,1-2H3/t11-,12-,13+,14+,15-,16+/m1/s1. The smallest absolute Gasteiger partial charge is 0.115 e. The SMILES string of the molecule is CCCCCO[C@@H]1[C@@H](O)[C@H](O)[C@@H](O)[C@H](O)[C@@H]1OCCCCC. The molecule has 0 radical (unpaired) electrons. The Balaban J connectivity index is 2.61. The predicted molar refractivity (Wildman–Crippen MR) is 82.6 cm³/mol. The zero-order valence-corrected chi connectivity index (χ0v) is 13.7. The van der Waals surface area contributed by atoms with Crippen LogP contribution in [0, 0.1) is 0 Å². The van der Waals surface area contributed by atoms with Crippen molar-refractivity contribution >= 4 is 0 Å². The van der Waals surface area contributed by atoms with E-state index in [1.807, 2.05) is 0 Å². The summed E-state index contributed by atoms with van der Waals surface area (Å²) in [6, 6.07) is 0. The van der Waals surface area contributed by atoms with E-state index in [9.17, 15) is 20.4 Å². The van der Waals surface area contributed by atoms with Crippen molar-refractivity contribution in [3.8, 4) is 0 Å². The first-order chi connectivity index (χ1) is 10.5. The van der Waals surface area contributed by atoms with Gasteiger partial charge in [0.2, 0.25) is 0 Å². The first kappa shape index (κ1) is 19.8. The lowest BCUT2D eigenvalue weighted by atomic mass is 9.84. The maximum Gasteiger partial charge on any atom is 0.115 e. The second-order valence-corrected chi connectivity index (χ2v) is 6.05. The molecule has 0 aromatic heterocycles. The molecule has 1 aliphatic carbocycles. The molecular weight excluding hydrogens is 288 g/mol. The summed E-state index contributed by atoms with van der Waals surface area (Å²) in [6.07, 6.45) is -1.23. The number of hydrogen-bond donors (Lipinski definition) is 4. The number of hydrogen-bond acceptors (Lipinski definition) is 6. The first-order valence-electron chi connectivity index (χ1n) is 8.50. The van der Waals surface area contributed by atoms with Gasteiger partial charge in [-0.3, -0.25) is 0 Å². The highest BCUT2D eigenvalue weighted by Gasteiger charge is 2.50. The quantitative estimate of drug-likeness (QED) is 0.440. The van der Waals surface area contributed by atoms with Crippen LogP contribution in [-0.4, -0.2) is 70.3 Å². The zero-order chi connectivity index (χ0) is 16.5. The van der Waals surface area contributed by atoms with E-state index in [4.69, 9.17) is 9.47 Å². The Kier molecular flexibility index (Phi) is 9.47. The van der Waals surface area contributed by atoms with Crippen LogP contribution in [0.3, 0.4) is 0 Å². The normalized spacial score (nSPS) is 35.7. The van der Waals surface area contributed by atoms with E-state index in [2.05, 4.69) is 13.8 Å². The van der Waals surface area contributed by atoms with Crippen LogP contribution in [0.15, 0.2) is 0 Å². The van der Waals surface area contributed by atoms with E-state index in [0.717, 1.165) is 38.5 Å². The van der Waals surface area contributed by atoms with Crippen molar-refractivity contribution in [3.05, 3.63) is 0 Å².